The van der Waals surface area contributed by atoms with E-state index in [1.807, 2.05) is 59.5 Å². The number of amides is 2. The standard InChI is InChI=1S/C30H32N4O3/c1-37-26-15-13-25(14-16-26)32-30(36)33-18-4-5-19-34-27(20-33)29(28(34)21-35)23-10-7-22(8-11-23)9-12-24-6-2-3-17-31-24/h2-3,6-8,10-11,13-17,27-29,35H,4-5,18-21H2,1H3,(H,32,36)/t27-,28-,29-/m0/s1. The van der Waals surface area contributed by atoms with Gasteiger partial charge in [0, 0.05) is 48.5 Å². The van der Waals surface area contributed by atoms with Gasteiger partial charge in [0.2, 0.25) is 0 Å². The van der Waals surface area contributed by atoms with Crippen LogP contribution in [0.4, 0.5) is 10.5 Å². The summed E-state index contributed by atoms with van der Waals surface area (Å²) in [5, 5.41) is 13.3. The molecule has 0 saturated carbocycles. The number of aliphatic hydroxyl groups is 1. The molecule has 3 aromatic rings. The molecule has 5 rings (SSSR count). The first kappa shape index (κ1) is 24.8. The van der Waals surface area contributed by atoms with Crippen LogP contribution in [0.2, 0.25) is 0 Å². The Kier molecular flexibility index (Phi) is 7.69. The van der Waals surface area contributed by atoms with Crippen LogP contribution in [0.25, 0.3) is 0 Å². The highest BCUT2D eigenvalue weighted by Gasteiger charge is 2.49. The minimum absolute atomic E-state index is 0.0556. The number of aliphatic hydroxyl groups excluding tert-OH is 1. The van der Waals surface area contributed by atoms with Gasteiger partial charge in [0.25, 0.3) is 0 Å². The zero-order valence-corrected chi connectivity index (χ0v) is 21.0. The van der Waals surface area contributed by atoms with Gasteiger partial charge in [0.15, 0.2) is 0 Å². The Morgan fingerprint density at radius 2 is 1.84 bits per heavy atom. The Bertz CT molecular complexity index is 1250. The molecule has 2 saturated heterocycles. The molecular formula is C30H32N4O3. The maximum absolute atomic E-state index is 13.2. The van der Waals surface area contributed by atoms with Crippen LogP contribution in [0.1, 0.15) is 35.6 Å². The van der Waals surface area contributed by atoms with Crippen LogP contribution in [0.15, 0.2) is 72.9 Å². The Balaban J connectivity index is 1.30. The van der Waals surface area contributed by atoms with Gasteiger partial charge >= 0.3 is 6.03 Å². The Hall–Kier alpha value is -3.86. The lowest BCUT2D eigenvalue weighted by molar-refractivity contribution is -0.0585. The quantitative estimate of drug-likeness (QED) is 0.535. The molecule has 2 amide bonds. The highest BCUT2D eigenvalue weighted by molar-refractivity contribution is 5.89. The van der Waals surface area contributed by atoms with E-state index < -0.39 is 0 Å². The normalized spacial score (nSPS) is 21.4. The average Bonchev–Trinajstić information content (AvgIpc) is 2.92. The molecule has 0 bridgehead atoms. The number of ether oxygens (including phenoxy) is 1. The van der Waals surface area contributed by atoms with Gasteiger partial charge < -0.3 is 20.1 Å². The number of pyridine rings is 1. The lowest BCUT2D eigenvalue weighted by atomic mass is 9.74. The number of fused-ring (bicyclic) bond motifs is 1. The maximum Gasteiger partial charge on any atom is 0.321 e. The van der Waals surface area contributed by atoms with Crippen molar-refractivity contribution in [2.45, 2.75) is 30.8 Å². The van der Waals surface area contributed by atoms with Gasteiger partial charge in [-0.1, -0.05) is 24.1 Å². The molecule has 0 aliphatic carbocycles. The number of nitrogens with one attached hydrogen (secondary N) is 1. The highest BCUT2D eigenvalue weighted by Crippen LogP contribution is 2.42. The SMILES string of the molecule is COc1ccc(NC(=O)N2CCCCN3[C@@H](CO)[C@@H](c4ccc(C#Cc5ccccn5)cc4)[C@@H]3C2)cc1. The van der Waals surface area contributed by atoms with E-state index >= 15 is 0 Å². The highest BCUT2D eigenvalue weighted by atomic mass is 16.5. The number of hydrogen-bond donors (Lipinski definition) is 2. The third kappa shape index (κ3) is 5.61. The van der Waals surface area contributed by atoms with Crippen LogP contribution >= 0.6 is 0 Å². The summed E-state index contributed by atoms with van der Waals surface area (Å²) in [6.45, 7) is 2.36. The second-order valence-corrected chi connectivity index (χ2v) is 9.48. The molecule has 190 valence electrons. The molecule has 2 N–H and O–H groups in total. The molecule has 7 heteroatoms. The first-order valence-corrected chi connectivity index (χ1v) is 12.8. The smallest absolute Gasteiger partial charge is 0.321 e. The maximum atomic E-state index is 13.2. The lowest BCUT2D eigenvalue weighted by Gasteiger charge is -2.57. The second-order valence-electron chi connectivity index (χ2n) is 9.48. The van der Waals surface area contributed by atoms with E-state index in [-0.39, 0.29) is 30.6 Å². The van der Waals surface area contributed by atoms with Gasteiger partial charge in [-0.2, -0.15) is 0 Å². The van der Waals surface area contributed by atoms with E-state index in [2.05, 4.69) is 39.2 Å². The van der Waals surface area contributed by atoms with Gasteiger partial charge in [0.1, 0.15) is 11.4 Å². The number of urea groups is 1. The molecule has 1 aromatic heterocycles. The van der Waals surface area contributed by atoms with E-state index in [4.69, 9.17) is 4.74 Å². The largest absolute Gasteiger partial charge is 0.497 e. The molecule has 2 fully saturated rings. The Labute approximate surface area is 218 Å². The molecule has 7 nitrogen and oxygen atoms in total. The van der Waals surface area contributed by atoms with Gasteiger partial charge in [-0.15, -0.1) is 0 Å². The minimum atomic E-state index is -0.0987. The van der Waals surface area contributed by atoms with Crippen molar-refractivity contribution in [3.05, 3.63) is 89.7 Å². The number of rotatable bonds is 4. The average molecular weight is 497 g/mol. The zero-order chi connectivity index (χ0) is 25.6. The monoisotopic (exact) mass is 496 g/mol. The summed E-state index contributed by atoms with van der Waals surface area (Å²) in [7, 11) is 1.62. The molecule has 3 atom stereocenters. The molecule has 0 unspecified atom stereocenters. The predicted molar refractivity (Wildman–Crippen MR) is 144 cm³/mol. The molecular weight excluding hydrogens is 464 g/mol. The summed E-state index contributed by atoms with van der Waals surface area (Å²) in [4.78, 5) is 21.7. The fourth-order valence-corrected chi connectivity index (χ4v) is 5.36. The molecule has 37 heavy (non-hydrogen) atoms. The van der Waals surface area contributed by atoms with Gasteiger partial charge in [0.05, 0.1) is 13.7 Å². The number of nitrogens with zero attached hydrogens (tertiary/aromatic N) is 3. The molecule has 3 heterocycles. The van der Waals surface area contributed by atoms with Crippen LogP contribution in [0, 0.1) is 11.8 Å². The first-order valence-electron chi connectivity index (χ1n) is 12.8. The van der Waals surface area contributed by atoms with Crippen molar-refractivity contribution < 1.29 is 14.6 Å². The number of methoxy groups -OCH3 is 1. The van der Waals surface area contributed by atoms with Gasteiger partial charge in [-0.3, -0.25) is 4.90 Å². The Morgan fingerprint density at radius 3 is 2.54 bits per heavy atom. The number of carbonyl (C=O) groups excluding carboxylic acids is 1. The number of benzene rings is 2. The summed E-state index contributed by atoms with van der Waals surface area (Å²) in [6.07, 6.45) is 3.67. The van der Waals surface area contributed by atoms with Crippen molar-refractivity contribution in [1.82, 2.24) is 14.8 Å². The summed E-state index contributed by atoms with van der Waals surface area (Å²) >= 11 is 0. The van der Waals surface area contributed by atoms with Crippen molar-refractivity contribution >= 4 is 11.7 Å². The molecule has 0 spiro atoms. The molecule has 2 aliphatic heterocycles. The van der Waals surface area contributed by atoms with Crippen LogP contribution in [0.3, 0.4) is 0 Å². The summed E-state index contributed by atoms with van der Waals surface area (Å²) in [5.41, 5.74) is 3.57. The zero-order valence-electron chi connectivity index (χ0n) is 21.0. The molecule has 2 aliphatic rings. The minimum Gasteiger partial charge on any atom is -0.497 e. The van der Waals surface area contributed by atoms with E-state index in [0.717, 1.165) is 42.1 Å². The molecule has 0 radical (unpaired) electrons. The fraction of sp³-hybridized carbons (Fsp3) is 0.333. The number of anilines is 1. The first-order chi connectivity index (χ1) is 18.2. The predicted octanol–water partition coefficient (Wildman–Crippen LogP) is 3.95. The number of aromatic nitrogens is 1. The van der Waals surface area contributed by atoms with Crippen LogP contribution in [0.5, 0.6) is 5.75 Å². The van der Waals surface area contributed by atoms with E-state index in [9.17, 15) is 9.90 Å². The summed E-state index contributed by atoms with van der Waals surface area (Å²) in [5.74, 6) is 7.17. The van der Waals surface area contributed by atoms with Crippen molar-refractivity contribution in [1.29, 1.82) is 0 Å². The third-order valence-electron chi connectivity index (χ3n) is 7.29. The van der Waals surface area contributed by atoms with Crippen LogP contribution in [-0.2, 0) is 0 Å². The lowest BCUT2D eigenvalue weighted by Crippen LogP contribution is -2.68. The number of hydrogen-bond acceptors (Lipinski definition) is 5. The van der Waals surface area contributed by atoms with Crippen LogP contribution in [-0.4, -0.2) is 71.4 Å². The third-order valence-corrected chi connectivity index (χ3v) is 7.29. The topological polar surface area (TPSA) is 77.9 Å². The fourth-order valence-electron chi connectivity index (χ4n) is 5.36. The van der Waals surface area contributed by atoms with Crippen molar-refractivity contribution in [2.75, 3.05) is 38.7 Å². The van der Waals surface area contributed by atoms with E-state index in [0.29, 0.717) is 13.1 Å². The molecule has 2 aromatic carbocycles. The van der Waals surface area contributed by atoms with Crippen molar-refractivity contribution in [3.63, 3.8) is 0 Å². The second kappa shape index (κ2) is 11.5. The van der Waals surface area contributed by atoms with Crippen LogP contribution < -0.4 is 10.1 Å². The van der Waals surface area contributed by atoms with Crippen molar-refractivity contribution in [3.8, 4) is 17.6 Å². The number of carbonyl (C=O) groups is 1. The summed E-state index contributed by atoms with van der Waals surface area (Å²) in [6, 6.07) is 21.4. The van der Waals surface area contributed by atoms with Gasteiger partial charge in [-0.05, 0) is 79.4 Å². The van der Waals surface area contributed by atoms with Gasteiger partial charge in [-0.25, -0.2) is 9.78 Å². The summed E-state index contributed by atoms with van der Waals surface area (Å²) < 4.78 is 5.21. The van der Waals surface area contributed by atoms with Crippen molar-refractivity contribution in [2.24, 2.45) is 0 Å². The Morgan fingerprint density at radius 1 is 1.05 bits per heavy atom. The van der Waals surface area contributed by atoms with E-state index in [1.165, 1.54) is 5.56 Å². The van der Waals surface area contributed by atoms with E-state index in [1.54, 1.807) is 13.3 Å².